The van der Waals surface area contributed by atoms with E-state index in [4.69, 9.17) is 4.74 Å². The Morgan fingerprint density at radius 1 is 0.964 bits per heavy atom. The van der Waals surface area contributed by atoms with Gasteiger partial charge < -0.3 is 15.0 Å². The summed E-state index contributed by atoms with van der Waals surface area (Å²) in [7, 11) is 0. The number of hydrogen-bond acceptors (Lipinski definition) is 3. The number of anilines is 1. The van der Waals surface area contributed by atoms with Gasteiger partial charge in [-0.05, 0) is 42.3 Å². The highest BCUT2D eigenvalue weighted by molar-refractivity contribution is 5.94. The van der Waals surface area contributed by atoms with Crippen molar-refractivity contribution in [2.45, 2.75) is 19.1 Å². The molecule has 3 aromatic rings. The van der Waals surface area contributed by atoms with E-state index in [1.807, 2.05) is 77.7 Å². The number of amides is 1. The first-order valence-electron chi connectivity index (χ1n) is 9.65. The van der Waals surface area contributed by atoms with E-state index < -0.39 is 0 Å². The van der Waals surface area contributed by atoms with E-state index in [1.165, 1.54) is 0 Å². The topological polar surface area (TPSA) is 41.6 Å². The number of para-hydroxylation sites is 1. The predicted octanol–water partition coefficient (Wildman–Crippen LogP) is 4.59. The van der Waals surface area contributed by atoms with Crippen LogP contribution in [0.3, 0.4) is 0 Å². The summed E-state index contributed by atoms with van der Waals surface area (Å²) in [6, 6.07) is 27.9. The van der Waals surface area contributed by atoms with Crippen LogP contribution in [-0.4, -0.2) is 29.9 Å². The van der Waals surface area contributed by atoms with E-state index in [1.54, 1.807) is 0 Å². The maximum atomic E-state index is 12.9. The van der Waals surface area contributed by atoms with E-state index >= 15 is 0 Å². The third kappa shape index (κ3) is 4.52. The lowest BCUT2D eigenvalue weighted by molar-refractivity contribution is 0.0791. The molecule has 4 nitrogen and oxygen atoms in total. The highest BCUT2D eigenvalue weighted by Crippen LogP contribution is 2.21. The van der Waals surface area contributed by atoms with Crippen molar-refractivity contribution < 1.29 is 9.53 Å². The highest BCUT2D eigenvalue weighted by Gasteiger charge is 2.27. The number of rotatable bonds is 6. The minimum Gasteiger partial charge on any atom is -0.489 e. The lowest BCUT2D eigenvalue weighted by Crippen LogP contribution is -2.31. The smallest absolute Gasteiger partial charge is 0.254 e. The summed E-state index contributed by atoms with van der Waals surface area (Å²) in [5.41, 5.74) is 2.87. The third-order valence-corrected chi connectivity index (χ3v) is 4.95. The van der Waals surface area contributed by atoms with Crippen LogP contribution < -0.4 is 10.1 Å². The first-order chi connectivity index (χ1) is 13.8. The van der Waals surface area contributed by atoms with Gasteiger partial charge in [-0.1, -0.05) is 54.6 Å². The minimum absolute atomic E-state index is 0.0579. The van der Waals surface area contributed by atoms with Gasteiger partial charge in [0.1, 0.15) is 12.4 Å². The number of nitrogens with zero attached hydrogens (tertiary/aromatic N) is 1. The van der Waals surface area contributed by atoms with Gasteiger partial charge in [-0.15, -0.1) is 0 Å². The molecule has 0 aliphatic carbocycles. The van der Waals surface area contributed by atoms with Crippen molar-refractivity contribution in [1.29, 1.82) is 0 Å². The average Bonchev–Trinajstić information content (AvgIpc) is 3.22. The van der Waals surface area contributed by atoms with Gasteiger partial charge in [0.25, 0.3) is 5.91 Å². The van der Waals surface area contributed by atoms with Gasteiger partial charge in [0.05, 0.1) is 0 Å². The lowest BCUT2D eigenvalue weighted by Gasteiger charge is -2.18. The van der Waals surface area contributed by atoms with E-state index in [0.717, 1.165) is 24.2 Å². The molecule has 1 aliphatic rings. The Kier molecular flexibility index (Phi) is 5.57. The Labute approximate surface area is 165 Å². The average molecular weight is 372 g/mol. The molecule has 4 rings (SSSR count). The van der Waals surface area contributed by atoms with E-state index in [0.29, 0.717) is 24.5 Å². The van der Waals surface area contributed by atoms with Crippen LogP contribution in [0.1, 0.15) is 22.3 Å². The number of hydrogen-bond donors (Lipinski definition) is 1. The molecular formula is C24H24N2O2. The second-order valence-electron chi connectivity index (χ2n) is 7.05. The van der Waals surface area contributed by atoms with Gasteiger partial charge in [-0.25, -0.2) is 0 Å². The van der Waals surface area contributed by atoms with Gasteiger partial charge in [-0.2, -0.15) is 0 Å². The van der Waals surface area contributed by atoms with Gasteiger partial charge in [-0.3, -0.25) is 4.79 Å². The Morgan fingerprint density at radius 2 is 1.71 bits per heavy atom. The number of nitrogens with one attached hydrogen (secondary N) is 1. The zero-order chi connectivity index (χ0) is 19.2. The first-order valence-corrected chi connectivity index (χ1v) is 9.65. The lowest BCUT2D eigenvalue weighted by atomic mass is 10.2. The maximum absolute atomic E-state index is 12.9. The Morgan fingerprint density at radius 3 is 2.50 bits per heavy atom. The zero-order valence-corrected chi connectivity index (χ0v) is 15.8. The summed E-state index contributed by atoms with van der Waals surface area (Å²) in [5.74, 6) is 0.774. The Hall–Kier alpha value is -3.27. The largest absolute Gasteiger partial charge is 0.489 e. The van der Waals surface area contributed by atoms with Crippen molar-refractivity contribution in [1.82, 2.24) is 4.90 Å². The fraction of sp³-hybridized carbons (Fsp3) is 0.208. The zero-order valence-electron chi connectivity index (χ0n) is 15.8. The van der Waals surface area contributed by atoms with Crippen LogP contribution in [0.5, 0.6) is 5.75 Å². The minimum atomic E-state index is 0.0579. The summed E-state index contributed by atoms with van der Waals surface area (Å²) >= 11 is 0. The number of likely N-dealkylation sites (tertiary alicyclic amines) is 1. The molecule has 28 heavy (non-hydrogen) atoms. The Bertz CT molecular complexity index is 912. The first kappa shape index (κ1) is 18.1. The molecule has 3 aromatic carbocycles. The van der Waals surface area contributed by atoms with Crippen LogP contribution in [0.25, 0.3) is 0 Å². The molecule has 1 aliphatic heterocycles. The predicted molar refractivity (Wildman–Crippen MR) is 112 cm³/mol. The SMILES string of the molecule is O=C(c1cccc(OCc2ccccc2)c1)N1CCC(Nc2ccccc2)C1. The number of ether oxygens (including phenoxy) is 1. The van der Waals surface area contributed by atoms with Crippen molar-refractivity contribution in [3.63, 3.8) is 0 Å². The molecule has 1 heterocycles. The van der Waals surface area contributed by atoms with Crippen molar-refractivity contribution in [3.8, 4) is 5.75 Å². The van der Waals surface area contributed by atoms with Crippen molar-refractivity contribution in [3.05, 3.63) is 96.1 Å². The molecule has 1 unspecified atom stereocenters. The van der Waals surface area contributed by atoms with Crippen LogP contribution in [0.2, 0.25) is 0 Å². The van der Waals surface area contributed by atoms with Gasteiger partial charge in [0.15, 0.2) is 0 Å². The summed E-state index contributed by atoms with van der Waals surface area (Å²) < 4.78 is 5.86. The summed E-state index contributed by atoms with van der Waals surface area (Å²) in [6.07, 6.45) is 0.949. The molecular weight excluding hydrogens is 348 g/mol. The van der Waals surface area contributed by atoms with E-state index in [-0.39, 0.29) is 11.9 Å². The molecule has 0 aromatic heterocycles. The van der Waals surface area contributed by atoms with Crippen LogP contribution in [0.15, 0.2) is 84.9 Å². The molecule has 1 saturated heterocycles. The second kappa shape index (κ2) is 8.61. The normalized spacial score (nSPS) is 16.0. The van der Waals surface area contributed by atoms with Crippen molar-refractivity contribution in [2.75, 3.05) is 18.4 Å². The summed E-state index contributed by atoms with van der Waals surface area (Å²) in [5, 5.41) is 3.51. The fourth-order valence-electron chi connectivity index (χ4n) is 3.48. The van der Waals surface area contributed by atoms with Crippen LogP contribution in [0.4, 0.5) is 5.69 Å². The highest BCUT2D eigenvalue weighted by atomic mass is 16.5. The van der Waals surface area contributed by atoms with E-state index in [2.05, 4.69) is 17.4 Å². The molecule has 0 radical (unpaired) electrons. The molecule has 0 spiro atoms. The van der Waals surface area contributed by atoms with Crippen molar-refractivity contribution >= 4 is 11.6 Å². The molecule has 142 valence electrons. The second-order valence-corrected chi connectivity index (χ2v) is 7.05. The van der Waals surface area contributed by atoms with Crippen LogP contribution in [-0.2, 0) is 6.61 Å². The molecule has 4 heteroatoms. The number of benzene rings is 3. The van der Waals surface area contributed by atoms with Gasteiger partial charge in [0.2, 0.25) is 0 Å². The quantitative estimate of drug-likeness (QED) is 0.688. The Balaban J connectivity index is 1.35. The molecule has 0 saturated carbocycles. The molecule has 0 bridgehead atoms. The summed E-state index contributed by atoms with van der Waals surface area (Å²) in [6.45, 7) is 1.96. The third-order valence-electron chi connectivity index (χ3n) is 4.95. The molecule has 1 amide bonds. The fourth-order valence-corrected chi connectivity index (χ4v) is 3.48. The van der Waals surface area contributed by atoms with Crippen LogP contribution in [0, 0.1) is 0 Å². The van der Waals surface area contributed by atoms with E-state index in [9.17, 15) is 4.79 Å². The van der Waals surface area contributed by atoms with Gasteiger partial charge in [0, 0.05) is 30.4 Å². The number of carbonyl (C=O) groups is 1. The summed E-state index contributed by atoms with van der Waals surface area (Å²) in [4.78, 5) is 14.8. The monoisotopic (exact) mass is 372 g/mol. The van der Waals surface area contributed by atoms with Crippen molar-refractivity contribution in [2.24, 2.45) is 0 Å². The molecule has 1 fully saturated rings. The van der Waals surface area contributed by atoms with Crippen LogP contribution >= 0.6 is 0 Å². The number of carbonyl (C=O) groups excluding carboxylic acids is 1. The molecule has 1 atom stereocenters. The standard InChI is InChI=1S/C24H24N2O2/c27-24(26-15-14-22(17-26)25-21-11-5-2-6-12-21)20-10-7-13-23(16-20)28-18-19-8-3-1-4-9-19/h1-13,16,22,25H,14-15,17-18H2. The maximum Gasteiger partial charge on any atom is 0.254 e. The van der Waals surface area contributed by atoms with Gasteiger partial charge >= 0.3 is 0 Å². The molecule has 1 N–H and O–H groups in total.